The van der Waals surface area contributed by atoms with Gasteiger partial charge in [0.25, 0.3) is 0 Å². The molecule has 1 aromatic rings. The summed E-state index contributed by atoms with van der Waals surface area (Å²) >= 11 is 1.80. The highest BCUT2D eigenvalue weighted by atomic mass is 32.2. The lowest BCUT2D eigenvalue weighted by atomic mass is 10.2. The van der Waals surface area contributed by atoms with Gasteiger partial charge in [-0.25, -0.2) is 0 Å². The van der Waals surface area contributed by atoms with E-state index in [1.165, 1.54) is 4.90 Å². The van der Waals surface area contributed by atoms with Gasteiger partial charge in [0, 0.05) is 28.6 Å². The van der Waals surface area contributed by atoms with Crippen molar-refractivity contribution in [3.05, 3.63) is 18.5 Å². The van der Waals surface area contributed by atoms with E-state index in [0.717, 1.165) is 0 Å². The van der Waals surface area contributed by atoms with E-state index in [9.17, 15) is 0 Å². The fourth-order valence-electron chi connectivity index (χ4n) is 0.733. The number of aromatic amines is 1. The zero-order valence-corrected chi connectivity index (χ0v) is 7.74. The largest absolute Gasteiger partial charge is 0.367 e. The molecule has 0 fully saturated rings. The smallest absolute Gasteiger partial charge is 0.0273 e. The molecule has 0 aliphatic heterocycles. The van der Waals surface area contributed by atoms with E-state index in [0.29, 0.717) is 6.54 Å². The Kier molecular flexibility index (Phi) is 2.62. The predicted octanol–water partition coefficient (Wildman–Crippen LogP) is 1.84. The number of nitrogens with one attached hydrogen (secondary N) is 1. The van der Waals surface area contributed by atoms with E-state index in [-0.39, 0.29) is 4.75 Å². The minimum atomic E-state index is 0.141. The summed E-state index contributed by atoms with van der Waals surface area (Å²) in [7, 11) is 0. The van der Waals surface area contributed by atoms with E-state index < -0.39 is 0 Å². The van der Waals surface area contributed by atoms with Crippen LogP contribution in [0.2, 0.25) is 0 Å². The molecule has 11 heavy (non-hydrogen) atoms. The summed E-state index contributed by atoms with van der Waals surface area (Å²) in [4.78, 5) is 4.27. The van der Waals surface area contributed by atoms with Gasteiger partial charge in [0.05, 0.1) is 0 Å². The average molecular weight is 170 g/mol. The van der Waals surface area contributed by atoms with Crippen LogP contribution in [0.25, 0.3) is 0 Å². The second kappa shape index (κ2) is 3.32. The third-order valence-corrected chi connectivity index (χ3v) is 2.66. The van der Waals surface area contributed by atoms with Gasteiger partial charge in [-0.3, -0.25) is 0 Å². The van der Waals surface area contributed by atoms with E-state index in [4.69, 9.17) is 5.73 Å². The molecule has 3 N–H and O–H groups in total. The van der Waals surface area contributed by atoms with Crippen molar-refractivity contribution >= 4 is 11.8 Å². The lowest BCUT2D eigenvalue weighted by Crippen LogP contribution is -2.26. The zero-order chi connectivity index (χ0) is 8.32. The molecular weight excluding hydrogens is 156 g/mol. The minimum Gasteiger partial charge on any atom is -0.367 e. The van der Waals surface area contributed by atoms with Crippen LogP contribution < -0.4 is 5.73 Å². The lowest BCUT2D eigenvalue weighted by molar-refractivity contribution is 0.723. The van der Waals surface area contributed by atoms with Gasteiger partial charge in [-0.1, -0.05) is 0 Å². The van der Waals surface area contributed by atoms with E-state index >= 15 is 0 Å². The Morgan fingerprint density at radius 3 is 2.82 bits per heavy atom. The van der Waals surface area contributed by atoms with Crippen molar-refractivity contribution in [2.75, 3.05) is 6.54 Å². The summed E-state index contributed by atoms with van der Waals surface area (Å²) in [6.07, 6.45) is 3.91. The Morgan fingerprint density at radius 1 is 1.64 bits per heavy atom. The second-order valence-electron chi connectivity index (χ2n) is 3.11. The minimum absolute atomic E-state index is 0.141. The highest BCUT2D eigenvalue weighted by molar-refractivity contribution is 8.00. The van der Waals surface area contributed by atoms with Crippen molar-refractivity contribution < 1.29 is 0 Å². The third kappa shape index (κ3) is 2.60. The Hall–Kier alpha value is -0.410. The molecule has 0 aliphatic carbocycles. The monoisotopic (exact) mass is 170 g/mol. The van der Waals surface area contributed by atoms with Crippen LogP contribution in [0.4, 0.5) is 0 Å². The van der Waals surface area contributed by atoms with Crippen molar-refractivity contribution in [3.63, 3.8) is 0 Å². The molecule has 0 aliphatic rings. The van der Waals surface area contributed by atoms with Crippen LogP contribution >= 0.6 is 11.8 Å². The first-order chi connectivity index (χ1) is 5.14. The highest BCUT2D eigenvalue weighted by Gasteiger charge is 2.16. The first-order valence-electron chi connectivity index (χ1n) is 3.66. The van der Waals surface area contributed by atoms with Crippen molar-refractivity contribution in [1.82, 2.24) is 4.98 Å². The van der Waals surface area contributed by atoms with Crippen LogP contribution in [0.1, 0.15) is 13.8 Å². The van der Waals surface area contributed by atoms with Crippen LogP contribution in [0.3, 0.4) is 0 Å². The molecule has 0 atom stereocenters. The summed E-state index contributed by atoms with van der Waals surface area (Å²) in [5.41, 5.74) is 5.59. The Balaban J connectivity index is 2.56. The van der Waals surface area contributed by atoms with Gasteiger partial charge in [-0.2, -0.15) is 0 Å². The fourth-order valence-corrected chi connectivity index (χ4v) is 1.72. The molecule has 0 spiro atoms. The first-order valence-corrected chi connectivity index (χ1v) is 4.47. The quantitative estimate of drug-likeness (QED) is 0.680. The molecule has 1 rings (SSSR count). The van der Waals surface area contributed by atoms with Gasteiger partial charge in [0.2, 0.25) is 0 Å². The number of hydrogen-bond donors (Lipinski definition) is 2. The topological polar surface area (TPSA) is 41.8 Å². The molecule has 0 saturated heterocycles. The van der Waals surface area contributed by atoms with Gasteiger partial charge in [-0.05, 0) is 19.9 Å². The van der Waals surface area contributed by atoms with Crippen molar-refractivity contribution in [2.45, 2.75) is 23.5 Å². The Labute approximate surface area is 71.6 Å². The predicted molar refractivity (Wildman–Crippen MR) is 49.8 cm³/mol. The molecule has 0 bridgehead atoms. The molecule has 0 radical (unpaired) electrons. The molecule has 1 aromatic heterocycles. The van der Waals surface area contributed by atoms with Gasteiger partial charge in [0.1, 0.15) is 0 Å². The van der Waals surface area contributed by atoms with E-state index in [1.807, 2.05) is 12.4 Å². The number of rotatable bonds is 3. The van der Waals surface area contributed by atoms with Crippen LogP contribution in [-0.4, -0.2) is 16.3 Å². The lowest BCUT2D eigenvalue weighted by Gasteiger charge is -2.20. The summed E-state index contributed by atoms with van der Waals surface area (Å²) in [6.45, 7) is 4.98. The zero-order valence-electron chi connectivity index (χ0n) is 6.92. The molecule has 0 aromatic carbocycles. The third-order valence-electron chi connectivity index (χ3n) is 1.46. The number of aromatic nitrogens is 1. The Morgan fingerprint density at radius 2 is 2.36 bits per heavy atom. The molecule has 3 heteroatoms. The fraction of sp³-hybridized carbons (Fsp3) is 0.500. The summed E-state index contributed by atoms with van der Waals surface area (Å²) in [5.74, 6) is 0. The average Bonchev–Trinajstić information content (AvgIpc) is 2.39. The highest BCUT2D eigenvalue weighted by Crippen LogP contribution is 2.30. The van der Waals surface area contributed by atoms with Crippen LogP contribution in [0.5, 0.6) is 0 Å². The normalized spacial score (nSPS) is 11.9. The van der Waals surface area contributed by atoms with Crippen LogP contribution in [0, 0.1) is 0 Å². The van der Waals surface area contributed by atoms with Gasteiger partial charge >= 0.3 is 0 Å². The molecule has 62 valence electrons. The van der Waals surface area contributed by atoms with Crippen LogP contribution in [0.15, 0.2) is 23.4 Å². The molecule has 1 heterocycles. The first kappa shape index (κ1) is 8.68. The van der Waals surface area contributed by atoms with Gasteiger partial charge < -0.3 is 10.7 Å². The molecule has 0 unspecified atom stereocenters. The Bertz CT molecular complexity index is 204. The molecule has 0 amide bonds. The summed E-state index contributed by atoms with van der Waals surface area (Å²) < 4.78 is 0.141. The van der Waals surface area contributed by atoms with E-state index in [2.05, 4.69) is 24.9 Å². The van der Waals surface area contributed by atoms with E-state index in [1.54, 1.807) is 11.8 Å². The summed E-state index contributed by atoms with van der Waals surface area (Å²) in [6, 6.07) is 2.06. The van der Waals surface area contributed by atoms with Crippen molar-refractivity contribution in [3.8, 4) is 0 Å². The maximum atomic E-state index is 5.59. The van der Waals surface area contributed by atoms with Crippen molar-refractivity contribution in [1.29, 1.82) is 0 Å². The standard InChI is InChI=1S/C8H14N2S/c1-8(2,6-9)11-7-3-4-10-5-7/h3-5,10H,6,9H2,1-2H3. The van der Waals surface area contributed by atoms with Gasteiger partial charge in [0.15, 0.2) is 0 Å². The molecule has 0 saturated carbocycles. The number of hydrogen-bond acceptors (Lipinski definition) is 2. The van der Waals surface area contributed by atoms with Crippen LogP contribution in [-0.2, 0) is 0 Å². The molecular formula is C8H14N2S. The van der Waals surface area contributed by atoms with Gasteiger partial charge in [-0.15, -0.1) is 11.8 Å². The summed E-state index contributed by atoms with van der Waals surface area (Å²) in [5, 5.41) is 0. The number of nitrogens with two attached hydrogens (primary N) is 1. The maximum Gasteiger partial charge on any atom is 0.0273 e. The number of H-pyrrole nitrogens is 1. The SMILES string of the molecule is CC(C)(CN)Sc1cc[nH]c1. The maximum absolute atomic E-state index is 5.59. The second-order valence-corrected chi connectivity index (χ2v) is 4.89. The van der Waals surface area contributed by atoms with Crippen molar-refractivity contribution in [2.24, 2.45) is 5.73 Å². The molecule has 2 nitrogen and oxygen atoms in total. The number of thioether (sulfide) groups is 1.